The molecule has 10 heavy (non-hydrogen) atoms. The second-order valence-corrected chi connectivity index (χ2v) is 2.62. The number of aromatic amines is 1. The number of hydrogen-bond donors (Lipinski definition) is 2. The Balaban J connectivity index is 2.12. The van der Waals surface area contributed by atoms with Crippen LogP contribution in [0.1, 0.15) is 24.7 Å². The van der Waals surface area contributed by atoms with Gasteiger partial charge in [-0.1, -0.05) is 0 Å². The predicted octanol–water partition coefficient (Wildman–Crippen LogP) is 0.834. The Kier molecular flexibility index (Phi) is 1.43. The summed E-state index contributed by atoms with van der Waals surface area (Å²) >= 11 is 0. The normalized spacial score (nSPS) is 25.4. The highest BCUT2D eigenvalue weighted by molar-refractivity contribution is 4.97. The van der Waals surface area contributed by atoms with E-state index in [9.17, 15) is 0 Å². The molecule has 2 rings (SSSR count). The average molecular weight is 137 g/mol. The van der Waals surface area contributed by atoms with E-state index in [1.165, 1.54) is 12.8 Å². The van der Waals surface area contributed by atoms with Gasteiger partial charge in [-0.25, -0.2) is 4.98 Å². The van der Waals surface area contributed by atoms with Gasteiger partial charge in [-0.2, -0.15) is 0 Å². The summed E-state index contributed by atoms with van der Waals surface area (Å²) in [6, 6.07) is 0.481. The molecule has 0 aliphatic carbocycles. The number of H-pyrrole nitrogens is 1. The molecule has 0 aromatic carbocycles. The lowest BCUT2D eigenvalue weighted by Crippen LogP contribution is -2.13. The molecule has 0 saturated carbocycles. The molecule has 3 heteroatoms. The summed E-state index contributed by atoms with van der Waals surface area (Å²) in [6.45, 7) is 1.13. The van der Waals surface area contributed by atoms with Crippen molar-refractivity contribution in [3.8, 4) is 0 Å². The van der Waals surface area contributed by atoms with Crippen LogP contribution < -0.4 is 5.32 Å². The highest BCUT2D eigenvalue weighted by atomic mass is 15.0. The monoisotopic (exact) mass is 137 g/mol. The number of imidazole rings is 1. The third-order valence-electron chi connectivity index (χ3n) is 1.91. The number of nitrogens with one attached hydrogen (secondary N) is 2. The summed E-state index contributed by atoms with van der Waals surface area (Å²) in [5.74, 6) is 1.08. The fourth-order valence-electron chi connectivity index (χ4n) is 1.39. The first-order chi connectivity index (χ1) is 4.97. The van der Waals surface area contributed by atoms with Gasteiger partial charge >= 0.3 is 0 Å². The highest BCUT2D eigenvalue weighted by Crippen LogP contribution is 2.18. The molecule has 0 amide bonds. The second kappa shape index (κ2) is 2.42. The van der Waals surface area contributed by atoms with E-state index in [4.69, 9.17) is 0 Å². The van der Waals surface area contributed by atoms with Crippen LogP contribution in [0, 0.1) is 0 Å². The molecule has 1 unspecified atom stereocenters. The summed E-state index contributed by atoms with van der Waals surface area (Å²) in [4.78, 5) is 7.29. The molecule has 1 aliphatic rings. The zero-order valence-electron chi connectivity index (χ0n) is 5.80. The number of rotatable bonds is 1. The van der Waals surface area contributed by atoms with Crippen molar-refractivity contribution in [2.24, 2.45) is 0 Å². The Labute approximate surface area is 59.9 Å². The highest BCUT2D eigenvalue weighted by Gasteiger charge is 2.17. The quantitative estimate of drug-likeness (QED) is 0.602. The summed E-state index contributed by atoms with van der Waals surface area (Å²) in [5, 5.41) is 3.37. The first-order valence-corrected chi connectivity index (χ1v) is 3.69. The third-order valence-corrected chi connectivity index (χ3v) is 1.91. The maximum atomic E-state index is 4.18. The summed E-state index contributed by atoms with van der Waals surface area (Å²) in [5.41, 5.74) is 0. The first-order valence-electron chi connectivity index (χ1n) is 3.69. The molecule has 0 bridgehead atoms. The van der Waals surface area contributed by atoms with Crippen LogP contribution in [-0.4, -0.2) is 16.5 Å². The molecule has 1 aromatic heterocycles. The van der Waals surface area contributed by atoms with Gasteiger partial charge in [0.25, 0.3) is 0 Å². The molecule has 0 spiro atoms. The van der Waals surface area contributed by atoms with Gasteiger partial charge in [-0.3, -0.25) is 0 Å². The molecule has 2 N–H and O–H groups in total. The summed E-state index contributed by atoms with van der Waals surface area (Å²) in [7, 11) is 0. The predicted molar refractivity (Wildman–Crippen MR) is 38.6 cm³/mol. The Morgan fingerprint density at radius 3 is 3.20 bits per heavy atom. The van der Waals surface area contributed by atoms with Crippen LogP contribution in [0.25, 0.3) is 0 Å². The molecule has 2 heterocycles. The smallest absolute Gasteiger partial charge is 0.123 e. The van der Waals surface area contributed by atoms with Crippen molar-refractivity contribution >= 4 is 0 Å². The zero-order chi connectivity index (χ0) is 6.81. The second-order valence-electron chi connectivity index (χ2n) is 2.62. The maximum Gasteiger partial charge on any atom is 0.123 e. The minimum Gasteiger partial charge on any atom is -0.347 e. The average Bonchev–Trinajstić information content (AvgIpc) is 2.59. The number of nitrogens with zero attached hydrogens (tertiary/aromatic N) is 1. The fraction of sp³-hybridized carbons (Fsp3) is 0.571. The van der Waals surface area contributed by atoms with Crippen LogP contribution in [0.3, 0.4) is 0 Å². The van der Waals surface area contributed by atoms with Crippen molar-refractivity contribution in [1.29, 1.82) is 0 Å². The zero-order valence-corrected chi connectivity index (χ0v) is 5.80. The van der Waals surface area contributed by atoms with Gasteiger partial charge in [0.15, 0.2) is 0 Å². The van der Waals surface area contributed by atoms with Crippen LogP contribution in [0.5, 0.6) is 0 Å². The SMILES string of the molecule is c1c[nH]c(C2CCCN2)n1. The Bertz CT molecular complexity index is 187. The molecule has 1 aromatic rings. The van der Waals surface area contributed by atoms with E-state index in [1.54, 1.807) is 6.20 Å². The van der Waals surface area contributed by atoms with Crippen molar-refractivity contribution in [2.45, 2.75) is 18.9 Å². The van der Waals surface area contributed by atoms with Crippen LogP contribution in [0.2, 0.25) is 0 Å². The fourth-order valence-corrected chi connectivity index (χ4v) is 1.39. The van der Waals surface area contributed by atoms with Gasteiger partial charge in [0.05, 0.1) is 6.04 Å². The van der Waals surface area contributed by atoms with Crippen LogP contribution >= 0.6 is 0 Å². The molecule has 54 valence electrons. The minimum absolute atomic E-state index is 0.481. The molecule has 1 fully saturated rings. The Morgan fingerprint density at radius 2 is 2.60 bits per heavy atom. The maximum absolute atomic E-state index is 4.18. The minimum atomic E-state index is 0.481. The molecular weight excluding hydrogens is 126 g/mol. The van der Waals surface area contributed by atoms with E-state index in [2.05, 4.69) is 15.3 Å². The van der Waals surface area contributed by atoms with Crippen LogP contribution in [0.4, 0.5) is 0 Å². The topological polar surface area (TPSA) is 40.7 Å². The van der Waals surface area contributed by atoms with E-state index < -0.39 is 0 Å². The molecular formula is C7H11N3. The van der Waals surface area contributed by atoms with E-state index in [1.807, 2.05) is 6.20 Å². The largest absolute Gasteiger partial charge is 0.347 e. The van der Waals surface area contributed by atoms with Gasteiger partial charge in [0.2, 0.25) is 0 Å². The third kappa shape index (κ3) is 0.926. The van der Waals surface area contributed by atoms with E-state index in [0.717, 1.165) is 12.4 Å². The Morgan fingerprint density at radius 1 is 1.60 bits per heavy atom. The van der Waals surface area contributed by atoms with Crippen LogP contribution in [-0.2, 0) is 0 Å². The first kappa shape index (κ1) is 5.92. The van der Waals surface area contributed by atoms with Crippen molar-refractivity contribution in [1.82, 2.24) is 15.3 Å². The number of aromatic nitrogens is 2. The van der Waals surface area contributed by atoms with Gasteiger partial charge in [-0.05, 0) is 19.4 Å². The molecule has 0 radical (unpaired) electrons. The Hall–Kier alpha value is -0.830. The van der Waals surface area contributed by atoms with E-state index in [0.29, 0.717) is 6.04 Å². The van der Waals surface area contributed by atoms with E-state index >= 15 is 0 Å². The lowest BCUT2D eigenvalue weighted by atomic mass is 10.2. The van der Waals surface area contributed by atoms with Gasteiger partial charge in [-0.15, -0.1) is 0 Å². The van der Waals surface area contributed by atoms with Gasteiger partial charge < -0.3 is 10.3 Å². The molecule has 1 aliphatic heterocycles. The summed E-state index contributed by atoms with van der Waals surface area (Å²) < 4.78 is 0. The van der Waals surface area contributed by atoms with Gasteiger partial charge in [0.1, 0.15) is 5.82 Å². The van der Waals surface area contributed by atoms with Crippen molar-refractivity contribution in [3.05, 3.63) is 18.2 Å². The van der Waals surface area contributed by atoms with Crippen molar-refractivity contribution < 1.29 is 0 Å². The number of hydrogen-bond acceptors (Lipinski definition) is 2. The standard InChI is InChI=1S/C7H11N3/c1-2-6(8-3-1)7-9-4-5-10-7/h4-6,8H,1-3H2,(H,9,10). The van der Waals surface area contributed by atoms with E-state index in [-0.39, 0.29) is 0 Å². The lowest BCUT2D eigenvalue weighted by molar-refractivity contribution is 0.612. The van der Waals surface area contributed by atoms with Gasteiger partial charge in [0, 0.05) is 12.4 Å². The van der Waals surface area contributed by atoms with Crippen LogP contribution in [0.15, 0.2) is 12.4 Å². The lowest BCUT2D eigenvalue weighted by Gasteiger charge is -2.04. The molecule has 1 saturated heterocycles. The molecule has 3 nitrogen and oxygen atoms in total. The van der Waals surface area contributed by atoms with Crippen molar-refractivity contribution in [3.63, 3.8) is 0 Å². The molecule has 1 atom stereocenters. The van der Waals surface area contributed by atoms with Crippen molar-refractivity contribution in [2.75, 3.05) is 6.54 Å². The summed E-state index contributed by atoms with van der Waals surface area (Å²) in [6.07, 6.45) is 6.16.